The normalized spacial score (nSPS) is 15.0. The van der Waals surface area contributed by atoms with E-state index in [4.69, 9.17) is 16.3 Å². The predicted molar refractivity (Wildman–Crippen MR) is 104 cm³/mol. The number of aromatic amines is 1. The van der Waals surface area contributed by atoms with Gasteiger partial charge in [0.25, 0.3) is 5.91 Å². The summed E-state index contributed by atoms with van der Waals surface area (Å²) in [6.07, 6.45) is 0. The number of hydrogen-bond acceptors (Lipinski definition) is 4. The van der Waals surface area contributed by atoms with E-state index in [9.17, 15) is 9.59 Å². The Morgan fingerprint density at radius 2 is 1.74 bits per heavy atom. The largest absolute Gasteiger partial charge is 0.465 e. The summed E-state index contributed by atoms with van der Waals surface area (Å²) in [5, 5.41) is 0.733. The van der Waals surface area contributed by atoms with Gasteiger partial charge >= 0.3 is 5.97 Å². The molecule has 0 radical (unpaired) electrons. The summed E-state index contributed by atoms with van der Waals surface area (Å²) in [6, 6.07) is 7.84. The summed E-state index contributed by atoms with van der Waals surface area (Å²) in [7, 11) is 1.34. The molecule has 3 rings (SSSR count). The molecule has 1 fully saturated rings. The number of amides is 1. The maximum Gasteiger partial charge on any atom is 0.339 e. The van der Waals surface area contributed by atoms with Gasteiger partial charge in [0, 0.05) is 43.4 Å². The molecule has 1 N–H and O–H groups in total. The van der Waals surface area contributed by atoms with Crippen molar-refractivity contribution >= 4 is 23.5 Å². The first-order valence-corrected chi connectivity index (χ1v) is 9.32. The van der Waals surface area contributed by atoms with Crippen LogP contribution in [0.3, 0.4) is 0 Å². The maximum atomic E-state index is 12.9. The lowest BCUT2D eigenvalue weighted by molar-refractivity contribution is 0.0599. The molecule has 6 nitrogen and oxygen atoms in total. The van der Waals surface area contributed by atoms with E-state index in [2.05, 4.69) is 9.88 Å². The molecule has 1 aromatic heterocycles. The van der Waals surface area contributed by atoms with Gasteiger partial charge in [-0.05, 0) is 37.1 Å². The van der Waals surface area contributed by atoms with Gasteiger partial charge < -0.3 is 14.6 Å². The third kappa shape index (κ3) is 4.17. The van der Waals surface area contributed by atoms with Crippen LogP contribution in [0, 0.1) is 13.8 Å². The van der Waals surface area contributed by atoms with E-state index in [0.29, 0.717) is 35.6 Å². The van der Waals surface area contributed by atoms with Crippen molar-refractivity contribution in [1.82, 2.24) is 14.8 Å². The van der Waals surface area contributed by atoms with Crippen LogP contribution in [-0.2, 0) is 11.3 Å². The smallest absolute Gasteiger partial charge is 0.339 e. The summed E-state index contributed by atoms with van der Waals surface area (Å²) >= 11 is 5.93. The zero-order valence-electron chi connectivity index (χ0n) is 15.8. The number of piperazine rings is 1. The minimum absolute atomic E-state index is 0.0723. The number of halogens is 1. The van der Waals surface area contributed by atoms with E-state index in [1.54, 1.807) is 13.8 Å². The molecule has 1 saturated heterocycles. The SMILES string of the molecule is COC(=O)c1c(C)[nH]c(C(=O)N2CCN(Cc3ccc(Cl)cc3)CC2)c1C. The molecule has 1 amide bonds. The van der Waals surface area contributed by atoms with E-state index < -0.39 is 5.97 Å². The number of rotatable bonds is 4. The van der Waals surface area contributed by atoms with E-state index in [0.717, 1.165) is 24.7 Å². The van der Waals surface area contributed by atoms with Crippen molar-refractivity contribution in [2.75, 3.05) is 33.3 Å². The highest BCUT2D eigenvalue weighted by molar-refractivity contribution is 6.30. The summed E-state index contributed by atoms with van der Waals surface area (Å²) in [6.45, 7) is 7.30. The molecular weight excluding hydrogens is 366 g/mol. The Bertz CT molecular complexity index is 837. The maximum absolute atomic E-state index is 12.9. The van der Waals surface area contributed by atoms with Crippen molar-refractivity contribution in [2.24, 2.45) is 0 Å². The lowest BCUT2D eigenvalue weighted by Crippen LogP contribution is -2.48. The second kappa shape index (κ2) is 8.15. The minimum Gasteiger partial charge on any atom is -0.465 e. The van der Waals surface area contributed by atoms with Gasteiger partial charge in [-0.1, -0.05) is 23.7 Å². The number of esters is 1. The lowest BCUT2D eigenvalue weighted by atomic mass is 10.1. The number of nitrogens with one attached hydrogen (secondary N) is 1. The third-order valence-corrected chi connectivity index (χ3v) is 5.27. The quantitative estimate of drug-likeness (QED) is 0.816. The molecule has 0 aliphatic carbocycles. The number of methoxy groups -OCH3 is 1. The first-order valence-electron chi connectivity index (χ1n) is 8.94. The molecule has 2 heterocycles. The Kier molecular flexibility index (Phi) is 5.87. The number of aryl methyl sites for hydroxylation is 1. The van der Waals surface area contributed by atoms with Gasteiger partial charge in [0.1, 0.15) is 5.69 Å². The second-order valence-electron chi connectivity index (χ2n) is 6.81. The van der Waals surface area contributed by atoms with Crippen LogP contribution in [0.25, 0.3) is 0 Å². The molecule has 1 aliphatic rings. The van der Waals surface area contributed by atoms with Gasteiger partial charge in [-0.15, -0.1) is 0 Å². The Morgan fingerprint density at radius 1 is 1.11 bits per heavy atom. The van der Waals surface area contributed by atoms with Crippen LogP contribution in [0.5, 0.6) is 0 Å². The van der Waals surface area contributed by atoms with Crippen LogP contribution in [0.4, 0.5) is 0 Å². The molecule has 0 spiro atoms. The number of nitrogens with zero attached hydrogens (tertiary/aromatic N) is 2. The molecule has 2 aromatic rings. The zero-order valence-corrected chi connectivity index (χ0v) is 16.6. The lowest BCUT2D eigenvalue weighted by Gasteiger charge is -2.34. The van der Waals surface area contributed by atoms with Crippen LogP contribution in [-0.4, -0.2) is 59.9 Å². The molecule has 1 aliphatic heterocycles. The molecular formula is C20H24ClN3O3. The van der Waals surface area contributed by atoms with Gasteiger partial charge in [-0.25, -0.2) is 4.79 Å². The van der Waals surface area contributed by atoms with Crippen LogP contribution in [0.2, 0.25) is 5.02 Å². The van der Waals surface area contributed by atoms with Gasteiger partial charge in [0.2, 0.25) is 0 Å². The number of carbonyl (C=O) groups excluding carboxylic acids is 2. The Hall–Kier alpha value is -2.31. The van der Waals surface area contributed by atoms with Crippen molar-refractivity contribution in [1.29, 1.82) is 0 Å². The molecule has 0 atom stereocenters. The first-order chi connectivity index (χ1) is 12.9. The molecule has 1 aromatic carbocycles. The van der Waals surface area contributed by atoms with Crippen LogP contribution in [0.1, 0.15) is 37.7 Å². The number of benzene rings is 1. The summed E-state index contributed by atoms with van der Waals surface area (Å²) < 4.78 is 4.82. The number of H-pyrrole nitrogens is 1. The standard InChI is InChI=1S/C20H24ClN3O3/c1-13-17(20(26)27-3)14(2)22-18(13)19(25)24-10-8-23(9-11-24)12-15-4-6-16(21)7-5-15/h4-7,22H,8-12H2,1-3H3. The van der Waals surface area contributed by atoms with Gasteiger partial charge in [0.05, 0.1) is 12.7 Å². The van der Waals surface area contributed by atoms with Gasteiger partial charge in [-0.2, -0.15) is 0 Å². The van der Waals surface area contributed by atoms with Gasteiger partial charge in [-0.3, -0.25) is 9.69 Å². The highest BCUT2D eigenvalue weighted by Crippen LogP contribution is 2.21. The molecule has 0 unspecified atom stereocenters. The molecule has 7 heteroatoms. The van der Waals surface area contributed by atoms with E-state index >= 15 is 0 Å². The number of ether oxygens (including phenoxy) is 1. The summed E-state index contributed by atoms with van der Waals surface area (Å²) in [5.41, 5.74) is 3.43. The fourth-order valence-electron chi connectivity index (χ4n) is 3.49. The van der Waals surface area contributed by atoms with Crippen molar-refractivity contribution in [3.05, 3.63) is 57.4 Å². The molecule has 0 saturated carbocycles. The van der Waals surface area contributed by atoms with Gasteiger partial charge in [0.15, 0.2) is 0 Å². The predicted octanol–water partition coefficient (Wildman–Crippen LogP) is 3.03. The minimum atomic E-state index is -0.423. The highest BCUT2D eigenvalue weighted by atomic mass is 35.5. The van der Waals surface area contributed by atoms with Crippen LogP contribution in [0.15, 0.2) is 24.3 Å². The Labute approximate surface area is 164 Å². The molecule has 144 valence electrons. The fraction of sp³-hybridized carbons (Fsp3) is 0.400. The Balaban J connectivity index is 1.63. The molecule has 27 heavy (non-hydrogen) atoms. The number of hydrogen-bond donors (Lipinski definition) is 1. The Morgan fingerprint density at radius 3 is 2.33 bits per heavy atom. The van der Waals surface area contributed by atoms with Crippen molar-refractivity contribution in [3.63, 3.8) is 0 Å². The fourth-order valence-corrected chi connectivity index (χ4v) is 3.61. The average molecular weight is 390 g/mol. The first kappa shape index (κ1) is 19.5. The van der Waals surface area contributed by atoms with Crippen molar-refractivity contribution in [3.8, 4) is 0 Å². The third-order valence-electron chi connectivity index (χ3n) is 5.02. The average Bonchev–Trinajstić information content (AvgIpc) is 2.97. The van der Waals surface area contributed by atoms with E-state index in [1.165, 1.54) is 12.7 Å². The summed E-state index contributed by atoms with van der Waals surface area (Å²) in [4.78, 5) is 32.0. The molecule has 0 bridgehead atoms. The topological polar surface area (TPSA) is 65.6 Å². The number of carbonyl (C=O) groups is 2. The summed E-state index contributed by atoms with van der Waals surface area (Å²) in [5.74, 6) is -0.495. The van der Waals surface area contributed by atoms with Crippen molar-refractivity contribution in [2.45, 2.75) is 20.4 Å². The van der Waals surface area contributed by atoms with Crippen LogP contribution >= 0.6 is 11.6 Å². The van der Waals surface area contributed by atoms with Crippen molar-refractivity contribution < 1.29 is 14.3 Å². The van der Waals surface area contributed by atoms with E-state index in [1.807, 2.05) is 29.2 Å². The second-order valence-corrected chi connectivity index (χ2v) is 7.25. The van der Waals surface area contributed by atoms with E-state index in [-0.39, 0.29) is 5.91 Å². The van der Waals surface area contributed by atoms with Crippen LogP contribution < -0.4 is 0 Å². The number of aromatic nitrogens is 1. The highest BCUT2D eigenvalue weighted by Gasteiger charge is 2.27. The zero-order chi connectivity index (χ0) is 19.6. The monoisotopic (exact) mass is 389 g/mol.